The highest BCUT2D eigenvalue weighted by atomic mass is 79.9. The largest absolute Gasteiger partial charge is 0.507 e. The van der Waals surface area contributed by atoms with Crippen LogP contribution in [0.3, 0.4) is 0 Å². The Labute approximate surface area is 172 Å². The van der Waals surface area contributed by atoms with Crippen molar-refractivity contribution >= 4 is 33.4 Å². The van der Waals surface area contributed by atoms with E-state index in [-0.39, 0.29) is 11.3 Å². The van der Waals surface area contributed by atoms with Crippen molar-refractivity contribution in [3.8, 4) is 0 Å². The lowest BCUT2D eigenvalue weighted by Crippen LogP contribution is -2.31. The first-order chi connectivity index (χ1) is 13.4. The molecular weight excluding hydrogens is 422 g/mol. The van der Waals surface area contributed by atoms with Crippen LogP contribution in [0, 0.1) is 6.92 Å². The van der Waals surface area contributed by atoms with E-state index >= 15 is 0 Å². The third kappa shape index (κ3) is 4.03. The Balaban J connectivity index is 2.12. The van der Waals surface area contributed by atoms with Crippen molar-refractivity contribution in [2.45, 2.75) is 19.4 Å². The molecule has 1 aliphatic heterocycles. The SMILES string of the molecule is COCCCN1C(=O)C(=O)/C(=C(/O)c2ccc(C)cc2)[C@H]1c1cccc(Br)c1. The summed E-state index contributed by atoms with van der Waals surface area (Å²) in [6, 6.07) is 14.0. The molecule has 0 spiro atoms. The average Bonchev–Trinajstić information content (AvgIpc) is 2.93. The molecule has 1 atom stereocenters. The number of Topliss-reactive ketones (excluding diaryl/α,β-unsaturated/α-hetero) is 1. The van der Waals surface area contributed by atoms with Crippen molar-refractivity contribution in [1.82, 2.24) is 4.90 Å². The van der Waals surface area contributed by atoms with Gasteiger partial charge in [0.1, 0.15) is 5.76 Å². The van der Waals surface area contributed by atoms with Crippen LogP contribution in [0.15, 0.2) is 58.6 Å². The molecule has 0 saturated carbocycles. The minimum atomic E-state index is -0.666. The quantitative estimate of drug-likeness (QED) is 0.314. The number of hydrogen-bond acceptors (Lipinski definition) is 4. The maximum atomic E-state index is 12.8. The molecule has 0 aliphatic carbocycles. The number of halogens is 1. The van der Waals surface area contributed by atoms with Crippen molar-refractivity contribution in [3.05, 3.63) is 75.3 Å². The van der Waals surface area contributed by atoms with E-state index < -0.39 is 17.7 Å². The van der Waals surface area contributed by atoms with E-state index in [2.05, 4.69) is 15.9 Å². The summed E-state index contributed by atoms with van der Waals surface area (Å²) in [5, 5.41) is 10.9. The number of aliphatic hydroxyl groups is 1. The number of likely N-dealkylation sites (tertiary alicyclic amines) is 1. The minimum Gasteiger partial charge on any atom is -0.507 e. The van der Waals surface area contributed by atoms with Gasteiger partial charge in [-0.1, -0.05) is 57.9 Å². The van der Waals surface area contributed by atoms with Crippen LogP contribution in [-0.2, 0) is 14.3 Å². The van der Waals surface area contributed by atoms with Gasteiger partial charge in [-0.3, -0.25) is 9.59 Å². The van der Waals surface area contributed by atoms with Gasteiger partial charge in [-0.25, -0.2) is 0 Å². The molecule has 1 amide bonds. The number of hydrogen-bond donors (Lipinski definition) is 1. The summed E-state index contributed by atoms with van der Waals surface area (Å²) >= 11 is 3.45. The summed E-state index contributed by atoms with van der Waals surface area (Å²) < 4.78 is 5.92. The number of amides is 1. The first kappa shape index (κ1) is 20.3. The number of nitrogens with zero attached hydrogens (tertiary/aromatic N) is 1. The van der Waals surface area contributed by atoms with Gasteiger partial charge >= 0.3 is 0 Å². The Morgan fingerprint density at radius 2 is 1.89 bits per heavy atom. The average molecular weight is 444 g/mol. The van der Waals surface area contributed by atoms with Gasteiger partial charge in [0.2, 0.25) is 0 Å². The van der Waals surface area contributed by atoms with E-state index in [4.69, 9.17) is 4.74 Å². The van der Waals surface area contributed by atoms with Crippen LogP contribution in [-0.4, -0.2) is 42.0 Å². The third-order valence-electron chi connectivity index (χ3n) is 4.78. The first-order valence-corrected chi connectivity index (χ1v) is 9.83. The number of aryl methyl sites for hydroxylation is 1. The second kappa shape index (κ2) is 8.71. The van der Waals surface area contributed by atoms with Gasteiger partial charge in [-0.15, -0.1) is 0 Å². The van der Waals surface area contributed by atoms with Gasteiger partial charge in [-0.2, -0.15) is 0 Å². The first-order valence-electron chi connectivity index (χ1n) is 9.04. The van der Waals surface area contributed by atoms with Crippen LogP contribution in [0.25, 0.3) is 5.76 Å². The van der Waals surface area contributed by atoms with Crippen LogP contribution >= 0.6 is 15.9 Å². The lowest BCUT2D eigenvalue weighted by Gasteiger charge is -2.25. The number of carbonyl (C=O) groups is 2. The molecule has 1 aliphatic rings. The van der Waals surface area contributed by atoms with Gasteiger partial charge in [0.25, 0.3) is 11.7 Å². The molecule has 28 heavy (non-hydrogen) atoms. The molecule has 1 N–H and O–H groups in total. The summed E-state index contributed by atoms with van der Waals surface area (Å²) in [5.41, 5.74) is 2.43. The lowest BCUT2D eigenvalue weighted by molar-refractivity contribution is -0.140. The minimum absolute atomic E-state index is 0.115. The fourth-order valence-corrected chi connectivity index (χ4v) is 3.80. The van der Waals surface area contributed by atoms with Crippen molar-refractivity contribution in [1.29, 1.82) is 0 Å². The highest BCUT2D eigenvalue weighted by Crippen LogP contribution is 2.40. The van der Waals surface area contributed by atoms with E-state index in [1.807, 2.05) is 43.3 Å². The number of methoxy groups -OCH3 is 1. The molecule has 0 bridgehead atoms. The Kier molecular flexibility index (Phi) is 6.31. The summed E-state index contributed by atoms with van der Waals surface area (Å²) in [6.45, 7) is 2.78. The monoisotopic (exact) mass is 443 g/mol. The highest BCUT2D eigenvalue weighted by Gasteiger charge is 2.45. The Hall–Kier alpha value is -2.44. The van der Waals surface area contributed by atoms with Crippen LogP contribution in [0.2, 0.25) is 0 Å². The van der Waals surface area contributed by atoms with Gasteiger partial charge in [0.15, 0.2) is 0 Å². The zero-order valence-electron chi connectivity index (χ0n) is 15.8. The standard InChI is InChI=1S/C22H22BrNO4/c1-14-7-9-15(10-8-14)20(25)18-19(16-5-3-6-17(23)13-16)24(11-4-12-28-2)22(27)21(18)26/h3,5-10,13,19,25H,4,11-12H2,1-2H3/b20-18+/t19-/m1/s1. The van der Waals surface area contributed by atoms with Gasteiger partial charge in [-0.05, 0) is 31.0 Å². The van der Waals surface area contributed by atoms with Gasteiger partial charge in [0, 0.05) is 30.3 Å². The molecule has 0 unspecified atom stereocenters. The Morgan fingerprint density at radius 1 is 1.18 bits per heavy atom. The second-order valence-corrected chi connectivity index (χ2v) is 7.68. The van der Waals surface area contributed by atoms with Crippen LogP contribution in [0.1, 0.15) is 29.2 Å². The fourth-order valence-electron chi connectivity index (χ4n) is 3.38. The summed E-state index contributed by atoms with van der Waals surface area (Å²) in [6.07, 6.45) is 0.596. The predicted molar refractivity (Wildman–Crippen MR) is 111 cm³/mol. The number of carbonyl (C=O) groups excluding carboxylic acids is 2. The predicted octanol–water partition coefficient (Wildman–Crippen LogP) is 4.22. The smallest absolute Gasteiger partial charge is 0.295 e. The molecule has 1 fully saturated rings. The molecule has 0 aromatic heterocycles. The maximum Gasteiger partial charge on any atom is 0.295 e. The van der Waals surface area contributed by atoms with Crippen LogP contribution < -0.4 is 0 Å². The van der Waals surface area contributed by atoms with E-state index in [0.29, 0.717) is 25.1 Å². The number of rotatable bonds is 6. The molecule has 5 nitrogen and oxygen atoms in total. The third-order valence-corrected chi connectivity index (χ3v) is 5.27. The second-order valence-electron chi connectivity index (χ2n) is 6.76. The molecule has 0 radical (unpaired) electrons. The maximum absolute atomic E-state index is 12.8. The molecule has 146 valence electrons. The molecule has 6 heteroatoms. The van der Waals surface area contributed by atoms with Crippen LogP contribution in [0.5, 0.6) is 0 Å². The number of ketones is 1. The molecule has 1 saturated heterocycles. The summed E-state index contributed by atoms with van der Waals surface area (Å²) in [7, 11) is 1.59. The molecule has 2 aromatic carbocycles. The molecular formula is C22H22BrNO4. The summed E-state index contributed by atoms with van der Waals surface area (Å²) in [5.74, 6) is -1.42. The fraction of sp³-hybridized carbons (Fsp3) is 0.273. The van der Waals surface area contributed by atoms with Gasteiger partial charge < -0.3 is 14.7 Å². The Morgan fingerprint density at radius 3 is 2.54 bits per heavy atom. The highest BCUT2D eigenvalue weighted by molar-refractivity contribution is 9.10. The summed E-state index contributed by atoms with van der Waals surface area (Å²) in [4.78, 5) is 27.1. The normalized spacial score (nSPS) is 18.7. The number of aliphatic hydroxyl groups excluding tert-OH is 1. The lowest BCUT2D eigenvalue weighted by atomic mass is 9.95. The van der Waals surface area contributed by atoms with Crippen molar-refractivity contribution in [3.63, 3.8) is 0 Å². The van der Waals surface area contributed by atoms with Gasteiger partial charge in [0.05, 0.1) is 11.6 Å². The topological polar surface area (TPSA) is 66.8 Å². The van der Waals surface area contributed by atoms with Crippen LogP contribution in [0.4, 0.5) is 0 Å². The number of benzene rings is 2. The zero-order chi connectivity index (χ0) is 20.3. The number of ether oxygens (including phenoxy) is 1. The van der Waals surface area contributed by atoms with Crippen molar-refractivity contribution in [2.24, 2.45) is 0 Å². The zero-order valence-corrected chi connectivity index (χ0v) is 17.4. The van der Waals surface area contributed by atoms with Crippen molar-refractivity contribution in [2.75, 3.05) is 20.3 Å². The molecule has 3 rings (SSSR count). The van der Waals surface area contributed by atoms with E-state index in [1.54, 1.807) is 19.2 Å². The van der Waals surface area contributed by atoms with E-state index in [1.165, 1.54) is 4.90 Å². The molecule has 2 aromatic rings. The Bertz CT molecular complexity index is 920. The van der Waals surface area contributed by atoms with Crippen molar-refractivity contribution < 1.29 is 19.4 Å². The molecule has 1 heterocycles. The van der Waals surface area contributed by atoms with E-state index in [0.717, 1.165) is 15.6 Å². The van der Waals surface area contributed by atoms with E-state index in [9.17, 15) is 14.7 Å².